The molecule has 0 aliphatic heterocycles. The minimum atomic E-state index is 0. The first-order chi connectivity index (χ1) is 7.42. The van der Waals surface area contributed by atoms with Gasteiger partial charge >= 0.3 is 0 Å². The molecule has 0 atom stereocenters. The van der Waals surface area contributed by atoms with Crippen LogP contribution in [0.25, 0.3) is 11.1 Å². The van der Waals surface area contributed by atoms with E-state index in [0.29, 0.717) is 6.54 Å². The summed E-state index contributed by atoms with van der Waals surface area (Å²) >= 11 is 0. The highest BCUT2D eigenvalue weighted by molar-refractivity contribution is 5.85. The van der Waals surface area contributed by atoms with Crippen molar-refractivity contribution in [1.29, 1.82) is 0 Å². The third kappa shape index (κ3) is 2.84. The molecule has 0 saturated heterocycles. The van der Waals surface area contributed by atoms with E-state index in [1.807, 2.05) is 6.07 Å². The van der Waals surface area contributed by atoms with Gasteiger partial charge in [0.05, 0.1) is 0 Å². The van der Waals surface area contributed by atoms with E-state index in [1.165, 1.54) is 16.7 Å². The molecule has 0 radical (unpaired) electrons. The summed E-state index contributed by atoms with van der Waals surface area (Å²) in [5.74, 6) is 0. The second kappa shape index (κ2) is 6.31. The number of hydrogen-bond acceptors (Lipinski definition) is 1. The largest absolute Gasteiger partial charge is 0.330 e. The molecule has 2 aromatic carbocycles. The predicted molar refractivity (Wildman–Crippen MR) is 71.9 cm³/mol. The van der Waals surface area contributed by atoms with Crippen LogP contribution in [0, 0.1) is 0 Å². The third-order valence-electron chi connectivity index (χ3n) is 2.52. The average molecular weight is 234 g/mol. The maximum atomic E-state index is 5.61. The number of hydrogen-bond donors (Lipinski definition) is 1. The van der Waals surface area contributed by atoms with Crippen molar-refractivity contribution in [2.75, 3.05) is 6.54 Å². The summed E-state index contributed by atoms with van der Waals surface area (Å²) in [5.41, 5.74) is 9.49. The van der Waals surface area contributed by atoms with Crippen molar-refractivity contribution in [2.24, 2.45) is 5.73 Å². The Balaban J connectivity index is 0.00000128. The summed E-state index contributed by atoms with van der Waals surface area (Å²) in [6.07, 6.45) is 0.936. The Morgan fingerprint density at radius 2 is 1.44 bits per heavy atom. The Hall–Kier alpha value is -1.31. The Bertz CT molecular complexity index is 426. The van der Waals surface area contributed by atoms with Gasteiger partial charge in [0.25, 0.3) is 0 Å². The van der Waals surface area contributed by atoms with E-state index in [2.05, 4.69) is 48.5 Å². The van der Waals surface area contributed by atoms with Crippen molar-refractivity contribution >= 4 is 12.4 Å². The molecule has 16 heavy (non-hydrogen) atoms. The normalized spacial score (nSPS) is 9.56. The Labute approximate surface area is 103 Å². The summed E-state index contributed by atoms with van der Waals surface area (Å²) in [7, 11) is 0. The summed E-state index contributed by atoms with van der Waals surface area (Å²) in [6.45, 7) is 0.698. The number of nitrogens with two attached hydrogens (primary N) is 1. The molecular formula is C14H16ClN. The highest BCUT2D eigenvalue weighted by atomic mass is 35.5. The van der Waals surface area contributed by atoms with Crippen LogP contribution in [0.1, 0.15) is 5.56 Å². The molecule has 2 heteroatoms. The van der Waals surface area contributed by atoms with E-state index in [0.717, 1.165) is 6.42 Å². The zero-order valence-corrected chi connectivity index (χ0v) is 9.91. The summed E-state index contributed by atoms with van der Waals surface area (Å²) in [5, 5.41) is 0. The standard InChI is InChI=1S/C14H15N.ClH/c15-11-10-13-8-4-5-9-14(13)12-6-2-1-3-7-12;/h1-9H,10-11,15H2;1H. The lowest BCUT2D eigenvalue weighted by molar-refractivity contribution is 0.971. The van der Waals surface area contributed by atoms with E-state index in [1.54, 1.807) is 0 Å². The van der Waals surface area contributed by atoms with Crippen molar-refractivity contribution in [1.82, 2.24) is 0 Å². The summed E-state index contributed by atoms with van der Waals surface area (Å²) in [4.78, 5) is 0. The first-order valence-corrected chi connectivity index (χ1v) is 5.25. The Kier molecular flexibility index (Phi) is 5.03. The van der Waals surface area contributed by atoms with Crippen LogP contribution in [-0.4, -0.2) is 6.54 Å². The third-order valence-corrected chi connectivity index (χ3v) is 2.52. The molecule has 0 spiro atoms. The molecular weight excluding hydrogens is 218 g/mol. The number of halogens is 1. The van der Waals surface area contributed by atoms with Crippen LogP contribution < -0.4 is 5.73 Å². The average Bonchev–Trinajstić information content (AvgIpc) is 2.31. The van der Waals surface area contributed by atoms with Gasteiger partial charge in [-0.25, -0.2) is 0 Å². The molecule has 2 N–H and O–H groups in total. The SMILES string of the molecule is Cl.NCCc1ccccc1-c1ccccc1. The first kappa shape index (κ1) is 12.8. The van der Waals surface area contributed by atoms with E-state index >= 15 is 0 Å². The molecule has 0 aliphatic rings. The molecule has 2 rings (SSSR count). The predicted octanol–water partition coefficient (Wildman–Crippen LogP) is 3.28. The highest BCUT2D eigenvalue weighted by Crippen LogP contribution is 2.23. The molecule has 0 aliphatic carbocycles. The summed E-state index contributed by atoms with van der Waals surface area (Å²) < 4.78 is 0. The number of rotatable bonds is 3. The van der Waals surface area contributed by atoms with Crippen LogP contribution in [0.2, 0.25) is 0 Å². The van der Waals surface area contributed by atoms with Gasteiger partial charge in [0.15, 0.2) is 0 Å². The van der Waals surface area contributed by atoms with E-state index in [4.69, 9.17) is 5.73 Å². The van der Waals surface area contributed by atoms with Crippen LogP contribution in [0.4, 0.5) is 0 Å². The van der Waals surface area contributed by atoms with E-state index < -0.39 is 0 Å². The zero-order chi connectivity index (χ0) is 10.5. The quantitative estimate of drug-likeness (QED) is 0.865. The highest BCUT2D eigenvalue weighted by Gasteiger charge is 2.02. The lowest BCUT2D eigenvalue weighted by Gasteiger charge is -2.08. The maximum Gasteiger partial charge on any atom is -0.00365 e. The number of benzene rings is 2. The topological polar surface area (TPSA) is 26.0 Å². The molecule has 0 amide bonds. The van der Waals surface area contributed by atoms with E-state index in [-0.39, 0.29) is 12.4 Å². The van der Waals surface area contributed by atoms with Crippen molar-refractivity contribution in [3.8, 4) is 11.1 Å². The van der Waals surface area contributed by atoms with E-state index in [9.17, 15) is 0 Å². The van der Waals surface area contributed by atoms with Crippen molar-refractivity contribution < 1.29 is 0 Å². The lowest BCUT2D eigenvalue weighted by atomic mass is 9.98. The van der Waals surface area contributed by atoms with Gasteiger partial charge in [0.1, 0.15) is 0 Å². The van der Waals surface area contributed by atoms with Gasteiger partial charge < -0.3 is 5.73 Å². The van der Waals surface area contributed by atoms with Gasteiger partial charge in [-0.15, -0.1) is 12.4 Å². The molecule has 0 fully saturated rings. The van der Waals surface area contributed by atoms with Crippen LogP contribution in [0.3, 0.4) is 0 Å². The van der Waals surface area contributed by atoms with Crippen LogP contribution in [-0.2, 0) is 6.42 Å². The van der Waals surface area contributed by atoms with Crippen LogP contribution in [0.15, 0.2) is 54.6 Å². The molecule has 0 bridgehead atoms. The van der Waals surface area contributed by atoms with Gasteiger partial charge in [-0.05, 0) is 29.7 Å². The van der Waals surface area contributed by atoms with Gasteiger partial charge in [-0.2, -0.15) is 0 Å². The monoisotopic (exact) mass is 233 g/mol. The van der Waals surface area contributed by atoms with Crippen molar-refractivity contribution in [3.05, 3.63) is 60.2 Å². The van der Waals surface area contributed by atoms with Gasteiger partial charge in [-0.1, -0.05) is 54.6 Å². The molecule has 0 heterocycles. The second-order valence-electron chi connectivity index (χ2n) is 3.56. The van der Waals surface area contributed by atoms with Gasteiger partial charge in [-0.3, -0.25) is 0 Å². The fraction of sp³-hybridized carbons (Fsp3) is 0.143. The zero-order valence-electron chi connectivity index (χ0n) is 9.10. The molecule has 2 aromatic rings. The molecule has 0 unspecified atom stereocenters. The van der Waals surface area contributed by atoms with Crippen molar-refractivity contribution in [3.63, 3.8) is 0 Å². The fourth-order valence-corrected chi connectivity index (χ4v) is 1.79. The van der Waals surface area contributed by atoms with Gasteiger partial charge in [0.2, 0.25) is 0 Å². The van der Waals surface area contributed by atoms with Crippen molar-refractivity contribution in [2.45, 2.75) is 6.42 Å². The van der Waals surface area contributed by atoms with Crippen LogP contribution in [0.5, 0.6) is 0 Å². The molecule has 0 saturated carbocycles. The van der Waals surface area contributed by atoms with Crippen LogP contribution >= 0.6 is 12.4 Å². The molecule has 84 valence electrons. The lowest BCUT2D eigenvalue weighted by Crippen LogP contribution is -2.03. The molecule has 0 aromatic heterocycles. The smallest absolute Gasteiger partial charge is 0.00365 e. The summed E-state index contributed by atoms with van der Waals surface area (Å²) in [6, 6.07) is 18.9. The maximum absolute atomic E-state index is 5.61. The fourth-order valence-electron chi connectivity index (χ4n) is 1.79. The van der Waals surface area contributed by atoms with Gasteiger partial charge in [0, 0.05) is 0 Å². The molecule has 1 nitrogen and oxygen atoms in total. The Morgan fingerprint density at radius 3 is 2.12 bits per heavy atom. The minimum Gasteiger partial charge on any atom is -0.330 e. The Morgan fingerprint density at radius 1 is 0.812 bits per heavy atom. The first-order valence-electron chi connectivity index (χ1n) is 5.25. The minimum absolute atomic E-state index is 0. The second-order valence-corrected chi connectivity index (χ2v) is 3.56.